The molecule has 1 aliphatic heterocycles. The Bertz CT molecular complexity index is 2550. The second-order valence-electron chi connectivity index (χ2n) is 12.9. The molecule has 2 aromatic heterocycles. The Kier molecular flexibility index (Phi) is 8.24. The maximum absolute atomic E-state index is 5.30. The van der Waals surface area contributed by atoms with Crippen molar-refractivity contribution in [3.05, 3.63) is 217 Å². The maximum Gasteiger partial charge on any atom is 0.0780 e. The minimum absolute atomic E-state index is 0.380. The molecule has 1 unspecified atom stereocenters. The Morgan fingerprint density at radius 2 is 1.04 bits per heavy atom. The van der Waals surface area contributed by atoms with Gasteiger partial charge in [0.2, 0.25) is 0 Å². The van der Waals surface area contributed by atoms with E-state index in [1.54, 1.807) is 6.20 Å². The van der Waals surface area contributed by atoms with Crippen molar-refractivity contribution in [2.45, 2.75) is 6.17 Å². The zero-order valence-electron chi connectivity index (χ0n) is 28.3. The topological polar surface area (TPSA) is 52.2 Å². The molecule has 0 radical (unpaired) electrons. The molecule has 1 atom stereocenters. The minimum atomic E-state index is -0.380. The predicted octanol–water partition coefficient (Wildman–Crippen LogP) is 12.2. The number of aliphatic imine (C=N–C) groups is 1. The lowest BCUT2D eigenvalue weighted by Crippen LogP contribution is -2.09. The number of fused-ring (bicyclic) bond motifs is 1. The van der Waals surface area contributed by atoms with E-state index in [1.807, 2.05) is 48.8 Å². The number of benzene rings is 6. The quantitative estimate of drug-likeness (QED) is 0.170. The Morgan fingerprint density at radius 1 is 0.442 bits per heavy atom. The maximum atomic E-state index is 5.30. The van der Waals surface area contributed by atoms with Gasteiger partial charge in [0.05, 0.1) is 11.2 Å². The summed E-state index contributed by atoms with van der Waals surface area (Å²) in [7, 11) is 0. The van der Waals surface area contributed by atoms with Crippen molar-refractivity contribution in [2.24, 2.45) is 4.99 Å². The summed E-state index contributed by atoms with van der Waals surface area (Å²) in [6.07, 6.45) is 7.32. The Hall–Kier alpha value is -6.91. The summed E-state index contributed by atoms with van der Waals surface area (Å²) in [4.78, 5) is 14.4. The molecule has 0 fully saturated rings. The van der Waals surface area contributed by atoms with Gasteiger partial charge in [-0.1, -0.05) is 146 Å². The largest absolute Gasteiger partial charge is 0.659 e. The molecular formula is C48H33N4-. The number of allylic oxidation sites excluding steroid dienone is 1. The van der Waals surface area contributed by atoms with E-state index < -0.39 is 0 Å². The summed E-state index contributed by atoms with van der Waals surface area (Å²) in [6, 6.07) is 59.5. The van der Waals surface area contributed by atoms with E-state index in [0.29, 0.717) is 0 Å². The van der Waals surface area contributed by atoms with E-state index in [4.69, 9.17) is 15.3 Å². The molecule has 6 aromatic carbocycles. The van der Waals surface area contributed by atoms with Crippen LogP contribution >= 0.6 is 0 Å². The van der Waals surface area contributed by atoms with Gasteiger partial charge in [0.15, 0.2) is 0 Å². The van der Waals surface area contributed by atoms with Crippen LogP contribution in [-0.4, -0.2) is 15.7 Å². The fraction of sp³-hybridized carbons (Fsp3) is 0.0208. The van der Waals surface area contributed by atoms with E-state index in [1.165, 1.54) is 11.1 Å². The van der Waals surface area contributed by atoms with Crippen molar-refractivity contribution >= 4 is 22.3 Å². The van der Waals surface area contributed by atoms with Gasteiger partial charge in [0, 0.05) is 41.3 Å². The molecule has 1 aliphatic rings. The molecule has 4 heteroatoms. The molecular weight excluding hydrogens is 633 g/mol. The summed E-state index contributed by atoms with van der Waals surface area (Å²) < 4.78 is 0. The number of hydrogen-bond acceptors (Lipinski definition) is 3. The highest BCUT2D eigenvalue weighted by atomic mass is 15.1. The van der Waals surface area contributed by atoms with Crippen LogP contribution in [0.15, 0.2) is 200 Å². The first kappa shape index (κ1) is 31.1. The molecule has 0 N–H and O–H groups in total. The van der Waals surface area contributed by atoms with E-state index in [0.717, 1.165) is 72.4 Å². The van der Waals surface area contributed by atoms with Gasteiger partial charge < -0.3 is 5.32 Å². The number of aromatic nitrogens is 2. The van der Waals surface area contributed by atoms with Crippen molar-refractivity contribution in [1.29, 1.82) is 0 Å². The Labute approximate surface area is 303 Å². The first-order chi connectivity index (χ1) is 25.7. The SMILES string of the molecule is C1=C(c2ccc(-c3ccccc3)cc2)[N-]C(c2ccccc2)N=C1c1cc(-c2ccc(-c3cccnc3)cc2)cc(-c2cccc3cccnc23)c1. The van der Waals surface area contributed by atoms with Crippen LogP contribution in [0.4, 0.5) is 0 Å². The zero-order chi connectivity index (χ0) is 34.7. The van der Waals surface area contributed by atoms with Gasteiger partial charge in [-0.2, -0.15) is 0 Å². The van der Waals surface area contributed by atoms with Crippen molar-refractivity contribution < 1.29 is 0 Å². The van der Waals surface area contributed by atoms with Crippen LogP contribution in [0.5, 0.6) is 0 Å². The molecule has 3 heterocycles. The Balaban J connectivity index is 1.19. The first-order valence-electron chi connectivity index (χ1n) is 17.5. The molecule has 9 rings (SSSR count). The van der Waals surface area contributed by atoms with E-state index in [9.17, 15) is 0 Å². The molecule has 0 spiro atoms. The second-order valence-corrected chi connectivity index (χ2v) is 12.9. The first-order valence-corrected chi connectivity index (χ1v) is 17.5. The van der Waals surface area contributed by atoms with Gasteiger partial charge in [-0.05, 0) is 80.4 Å². The molecule has 0 bridgehead atoms. The van der Waals surface area contributed by atoms with Crippen molar-refractivity contribution in [3.63, 3.8) is 0 Å². The highest BCUT2D eigenvalue weighted by Gasteiger charge is 2.16. The number of rotatable bonds is 7. The van der Waals surface area contributed by atoms with Crippen LogP contribution < -0.4 is 0 Å². The number of hydrogen-bond donors (Lipinski definition) is 0. The lowest BCUT2D eigenvalue weighted by atomic mass is 9.91. The normalized spacial score (nSPS) is 14.0. The third kappa shape index (κ3) is 6.30. The van der Waals surface area contributed by atoms with Crippen LogP contribution in [0.1, 0.15) is 22.9 Å². The standard InChI is InChI=1S/C48H33N4/c1-3-10-33(11-4-1)34-22-24-37(25-23-34)45-31-46(52-48(51-45)39-12-5-2-6-13-39)43-29-41(36-20-18-35(19-21-36)40-16-8-26-49-32-40)28-42(30-43)44-17-7-14-38-15-9-27-50-47(38)44/h1-32,48H/q-1. The average molecular weight is 666 g/mol. The van der Waals surface area contributed by atoms with Gasteiger partial charge in [-0.25, -0.2) is 0 Å². The highest BCUT2D eigenvalue weighted by molar-refractivity contribution is 6.15. The number of pyridine rings is 2. The van der Waals surface area contributed by atoms with Crippen LogP contribution in [0.25, 0.3) is 66.4 Å². The monoisotopic (exact) mass is 665 g/mol. The molecule has 0 amide bonds. The molecule has 52 heavy (non-hydrogen) atoms. The lowest BCUT2D eigenvalue weighted by molar-refractivity contribution is 0.879. The highest BCUT2D eigenvalue weighted by Crippen LogP contribution is 2.40. The van der Waals surface area contributed by atoms with Crippen molar-refractivity contribution in [3.8, 4) is 44.5 Å². The summed E-state index contributed by atoms with van der Waals surface area (Å²) in [5.74, 6) is 0. The minimum Gasteiger partial charge on any atom is -0.659 e. The van der Waals surface area contributed by atoms with Crippen LogP contribution in [0.3, 0.4) is 0 Å². The smallest absolute Gasteiger partial charge is 0.0780 e. The third-order valence-corrected chi connectivity index (χ3v) is 9.57. The molecule has 8 aromatic rings. The summed E-state index contributed by atoms with van der Waals surface area (Å²) in [6.45, 7) is 0. The van der Waals surface area contributed by atoms with Gasteiger partial charge in [0.25, 0.3) is 0 Å². The number of nitrogens with zero attached hydrogens (tertiary/aromatic N) is 4. The number of para-hydroxylation sites is 1. The Morgan fingerprint density at radius 3 is 1.79 bits per heavy atom. The molecule has 4 nitrogen and oxygen atoms in total. The van der Waals surface area contributed by atoms with E-state index in [2.05, 4.69) is 145 Å². The predicted molar refractivity (Wildman–Crippen MR) is 215 cm³/mol. The van der Waals surface area contributed by atoms with Gasteiger partial charge in [0.1, 0.15) is 0 Å². The fourth-order valence-electron chi connectivity index (χ4n) is 6.87. The summed E-state index contributed by atoms with van der Waals surface area (Å²) >= 11 is 0. The molecule has 0 saturated heterocycles. The molecule has 0 saturated carbocycles. The summed E-state index contributed by atoms with van der Waals surface area (Å²) in [5.41, 5.74) is 14.8. The second kappa shape index (κ2) is 13.8. The van der Waals surface area contributed by atoms with Gasteiger partial charge >= 0.3 is 0 Å². The van der Waals surface area contributed by atoms with Crippen molar-refractivity contribution in [1.82, 2.24) is 9.97 Å². The molecule has 246 valence electrons. The van der Waals surface area contributed by atoms with Crippen LogP contribution in [-0.2, 0) is 0 Å². The van der Waals surface area contributed by atoms with Crippen LogP contribution in [0.2, 0.25) is 0 Å². The van der Waals surface area contributed by atoms with Crippen molar-refractivity contribution in [2.75, 3.05) is 0 Å². The van der Waals surface area contributed by atoms with Gasteiger partial charge in [-0.15, -0.1) is 5.70 Å². The zero-order valence-corrected chi connectivity index (χ0v) is 28.3. The fourth-order valence-corrected chi connectivity index (χ4v) is 6.87. The third-order valence-electron chi connectivity index (χ3n) is 9.57. The van der Waals surface area contributed by atoms with Crippen LogP contribution in [0, 0.1) is 0 Å². The lowest BCUT2D eigenvalue weighted by Gasteiger charge is -2.37. The van der Waals surface area contributed by atoms with E-state index >= 15 is 0 Å². The average Bonchev–Trinajstić information content (AvgIpc) is 3.24. The van der Waals surface area contributed by atoms with E-state index in [-0.39, 0.29) is 6.17 Å². The summed E-state index contributed by atoms with van der Waals surface area (Å²) in [5, 5.41) is 6.30. The van der Waals surface area contributed by atoms with Gasteiger partial charge in [-0.3, -0.25) is 15.0 Å². The molecule has 0 aliphatic carbocycles.